The molecule has 0 unspecified atom stereocenters. The second-order valence-corrected chi connectivity index (χ2v) is 6.23. The largest absolute Gasteiger partial charge is 0.507 e. The number of ether oxygens (including phenoxy) is 1. The molecule has 0 amide bonds. The number of aromatic hydroxyl groups is 1. The molecule has 0 atom stereocenters. The van der Waals surface area contributed by atoms with Gasteiger partial charge in [0.2, 0.25) is 0 Å². The van der Waals surface area contributed by atoms with Gasteiger partial charge in [-0.25, -0.2) is 0 Å². The van der Waals surface area contributed by atoms with Crippen molar-refractivity contribution in [1.29, 1.82) is 0 Å². The molecule has 1 aromatic carbocycles. The molecule has 2 heterocycles. The normalized spacial score (nSPS) is 11.3. The second kappa shape index (κ2) is 6.99. The lowest BCUT2D eigenvalue weighted by atomic mass is 9.82. The number of phenolic OH excluding ortho intramolecular Hbond substituents is 1. The monoisotopic (exact) mass is 348 g/mol. The fourth-order valence-corrected chi connectivity index (χ4v) is 2.55. The molecule has 2 radical (unpaired) electrons. The summed E-state index contributed by atoms with van der Waals surface area (Å²) in [7, 11) is 6.16. The van der Waals surface area contributed by atoms with Gasteiger partial charge in [0.15, 0.2) is 6.29 Å². The lowest BCUT2D eigenvalue weighted by molar-refractivity contribution is 0.111. The Labute approximate surface area is 152 Å². The van der Waals surface area contributed by atoms with Crippen LogP contribution < -0.4 is 4.74 Å². The van der Waals surface area contributed by atoms with E-state index in [4.69, 9.17) is 12.6 Å². The fourth-order valence-electron chi connectivity index (χ4n) is 2.55. The molecule has 0 saturated heterocycles. The number of hydrogen-bond donors (Lipinski definition) is 1. The van der Waals surface area contributed by atoms with Crippen molar-refractivity contribution in [3.63, 3.8) is 0 Å². The minimum atomic E-state index is -0.718. The van der Waals surface area contributed by atoms with Gasteiger partial charge in [-0.15, -0.1) is 0 Å². The van der Waals surface area contributed by atoms with Crippen molar-refractivity contribution in [2.45, 2.75) is 25.9 Å². The minimum absolute atomic E-state index is 0.0592. The number of benzene rings is 1. The molecule has 0 saturated carbocycles. The van der Waals surface area contributed by atoms with Crippen LogP contribution >= 0.6 is 0 Å². The predicted octanol–water partition coefficient (Wildman–Crippen LogP) is 2.30. The Kier molecular flexibility index (Phi) is 4.75. The third-order valence-corrected chi connectivity index (χ3v) is 3.73. The first-order chi connectivity index (χ1) is 12.4. The summed E-state index contributed by atoms with van der Waals surface area (Å²) in [6.45, 7) is 3.72. The Bertz CT molecular complexity index is 934. The van der Waals surface area contributed by atoms with Gasteiger partial charge in [0.25, 0.3) is 0 Å². The Morgan fingerprint density at radius 3 is 2.73 bits per heavy atom. The van der Waals surface area contributed by atoms with E-state index >= 15 is 0 Å². The molecular weight excluding hydrogens is 331 g/mol. The summed E-state index contributed by atoms with van der Waals surface area (Å²) in [6, 6.07) is 6.42. The number of carbonyl (C=O) groups excluding carboxylic acids is 1. The van der Waals surface area contributed by atoms with Crippen molar-refractivity contribution in [2.24, 2.45) is 0 Å². The number of aromatic nitrogens is 4. The van der Waals surface area contributed by atoms with Crippen LogP contribution in [0, 0.1) is 0 Å². The Morgan fingerprint density at radius 1 is 1.23 bits per heavy atom. The first-order valence-corrected chi connectivity index (χ1v) is 7.95. The van der Waals surface area contributed by atoms with Crippen LogP contribution in [0.1, 0.15) is 29.9 Å². The van der Waals surface area contributed by atoms with Gasteiger partial charge in [0.1, 0.15) is 37.3 Å². The van der Waals surface area contributed by atoms with E-state index in [0.717, 1.165) is 0 Å². The summed E-state index contributed by atoms with van der Waals surface area (Å²) in [4.78, 5) is 19.9. The fraction of sp³-hybridized carbons (Fsp3) is 0.222. The van der Waals surface area contributed by atoms with Crippen LogP contribution in [0.2, 0.25) is 0 Å². The molecule has 3 aromatic rings. The highest BCUT2D eigenvalue weighted by Gasteiger charge is 2.21. The van der Waals surface area contributed by atoms with Crippen molar-refractivity contribution in [1.82, 2.24) is 19.7 Å². The standard InChI is InChI=1S/C18H17BN4O3/c1-18(2,19)23-14(6-7-22-23)17-13(20-8-9-21-17)11-26-16-5-3-4-15(25)12(16)10-24/h3-10,25H,11H2,1-2H3. The first-order valence-electron chi connectivity index (χ1n) is 7.95. The van der Waals surface area contributed by atoms with E-state index in [9.17, 15) is 9.90 Å². The summed E-state index contributed by atoms with van der Waals surface area (Å²) in [5, 5.41) is 14.0. The summed E-state index contributed by atoms with van der Waals surface area (Å²) in [6.07, 6.45) is 5.32. The molecule has 0 bridgehead atoms. The van der Waals surface area contributed by atoms with E-state index < -0.39 is 5.44 Å². The van der Waals surface area contributed by atoms with Crippen LogP contribution in [0.15, 0.2) is 42.9 Å². The summed E-state index contributed by atoms with van der Waals surface area (Å²) in [5.41, 5.74) is 1.21. The zero-order valence-corrected chi connectivity index (χ0v) is 14.5. The average Bonchev–Trinajstić information content (AvgIpc) is 3.10. The van der Waals surface area contributed by atoms with E-state index in [-0.39, 0.29) is 23.7 Å². The van der Waals surface area contributed by atoms with Crippen molar-refractivity contribution in [3.05, 3.63) is 54.1 Å². The van der Waals surface area contributed by atoms with Gasteiger partial charge < -0.3 is 9.84 Å². The Balaban J connectivity index is 1.94. The molecule has 130 valence electrons. The van der Waals surface area contributed by atoms with Gasteiger partial charge in [-0.2, -0.15) is 5.10 Å². The molecule has 26 heavy (non-hydrogen) atoms. The smallest absolute Gasteiger partial charge is 0.157 e. The molecular formula is C18H17BN4O3. The highest BCUT2D eigenvalue weighted by Crippen LogP contribution is 2.28. The first kappa shape index (κ1) is 17.7. The topological polar surface area (TPSA) is 90.1 Å². The number of nitrogens with zero attached hydrogens (tertiary/aromatic N) is 4. The van der Waals surface area contributed by atoms with E-state index in [1.165, 1.54) is 6.07 Å². The molecule has 3 rings (SSSR count). The number of aldehydes is 1. The summed E-state index contributed by atoms with van der Waals surface area (Å²) >= 11 is 0. The molecule has 8 heteroatoms. The van der Waals surface area contributed by atoms with Gasteiger partial charge in [-0.05, 0) is 32.0 Å². The third-order valence-electron chi connectivity index (χ3n) is 3.73. The van der Waals surface area contributed by atoms with Crippen LogP contribution in [-0.4, -0.2) is 39.0 Å². The van der Waals surface area contributed by atoms with Crippen LogP contribution in [-0.2, 0) is 12.0 Å². The van der Waals surface area contributed by atoms with Crippen molar-refractivity contribution < 1.29 is 14.6 Å². The van der Waals surface area contributed by atoms with Crippen molar-refractivity contribution >= 4 is 14.1 Å². The quantitative estimate of drug-likeness (QED) is 0.543. The van der Waals surface area contributed by atoms with E-state index in [1.807, 2.05) is 13.8 Å². The summed E-state index contributed by atoms with van der Waals surface area (Å²) in [5.74, 6) is 0.129. The van der Waals surface area contributed by atoms with Gasteiger partial charge in [-0.3, -0.25) is 19.4 Å². The van der Waals surface area contributed by atoms with Crippen LogP contribution in [0.25, 0.3) is 11.4 Å². The van der Waals surface area contributed by atoms with E-state index in [1.54, 1.807) is 41.5 Å². The molecule has 0 aliphatic carbocycles. The SMILES string of the molecule is [B]C(C)(C)n1nccc1-c1nccnc1COc1cccc(O)c1C=O. The van der Waals surface area contributed by atoms with E-state index in [0.29, 0.717) is 23.4 Å². The maximum absolute atomic E-state index is 11.2. The lowest BCUT2D eigenvalue weighted by Crippen LogP contribution is -2.28. The summed E-state index contributed by atoms with van der Waals surface area (Å²) < 4.78 is 7.36. The Morgan fingerprint density at radius 2 is 2.00 bits per heavy atom. The number of hydrogen-bond acceptors (Lipinski definition) is 6. The molecule has 0 spiro atoms. The van der Waals surface area contributed by atoms with Gasteiger partial charge in [-0.1, -0.05) is 6.07 Å². The van der Waals surface area contributed by atoms with Crippen LogP contribution in [0.4, 0.5) is 0 Å². The van der Waals surface area contributed by atoms with Gasteiger partial charge in [0.05, 0.1) is 11.3 Å². The molecule has 0 aliphatic heterocycles. The van der Waals surface area contributed by atoms with Gasteiger partial charge in [0, 0.05) is 24.0 Å². The highest BCUT2D eigenvalue weighted by molar-refractivity contribution is 6.13. The molecule has 1 N–H and O–H groups in total. The maximum atomic E-state index is 11.2. The lowest BCUT2D eigenvalue weighted by Gasteiger charge is -2.23. The highest BCUT2D eigenvalue weighted by atomic mass is 16.5. The molecule has 7 nitrogen and oxygen atoms in total. The maximum Gasteiger partial charge on any atom is 0.157 e. The van der Waals surface area contributed by atoms with Crippen molar-refractivity contribution in [3.8, 4) is 22.9 Å². The second-order valence-electron chi connectivity index (χ2n) is 6.23. The Hall–Kier alpha value is -3.16. The van der Waals surface area contributed by atoms with Gasteiger partial charge >= 0.3 is 0 Å². The van der Waals surface area contributed by atoms with Crippen LogP contribution in [0.3, 0.4) is 0 Å². The molecule has 0 aliphatic rings. The zero-order chi connectivity index (χ0) is 18.7. The minimum Gasteiger partial charge on any atom is -0.507 e. The molecule has 0 fully saturated rings. The average molecular weight is 348 g/mol. The zero-order valence-electron chi connectivity index (χ0n) is 14.5. The predicted molar refractivity (Wildman–Crippen MR) is 96.2 cm³/mol. The number of rotatable bonds is 6. The van der Waals surface area contributed by atoms with Crippen LogP contribution in [0.5, 0.6) is 11.5 Å². The number of phenols is 1. The number of carbonyl (C=O) groups is 1. The van der Waals surface area contributed by atoms with E-state index in [2.05, 4.69) is 15.1 Å². The third kappa shape index (κ3) is 3.44. The van der Waals surface area contributed by atoms with Crippen molar-refractivity contribution in [2.75, 3.05) is 0 Å². The molecule has 2 aromatic heterocycles.